The molecule has 3 aromatic rings. The lowest BCUT2D eigenvalue weighted by molar-refractivity contribution is -0.142. The lowest BCUT2D eigenvalue weighted by Crippen LogP contribution is -2.21. The molecule has 5 nitrogen and oxygen atoms in total. The Bertz CT molecular complexity index is 1120. The molecule has 0 aliphatic heterocycles. The van der Waals surface area contributed by atoms with Gasteiger partial charge in [-0.15, -0.1) is 0 Å². The van der Waals surface area contributed by atoms with E-state index in [0.717, 1.165) is 16.3 Å². The van der Waals surface area contributed by atoms with Crippen molar-refractivity contribution in [3.05, 3.63) is 58.3 Å². The second kappa shape index (κ2) is 5.66. The molecule has 0 unspecified atom stereocenters. The number of ketones is 2. The number of benzene rings is 2. The lowest BCUT2D eigenvalue weighted by atomic mass is 9.83. The van der Waals surface area contributed by atoms with Crippen LogP contribution in [0.5, 0.6) is 0 Å². The number of aryl methyl sites for hydroxylation is 1. The van der Waals surface area contributed by atoms with E-state index in [1.54, 1.807) is 6.92 Å². The fourth-order valence-corrected chi connectivity index (χ4v) is 3.50. The largest absolute Gasteiger partial charge is 0.458 e. The highest BCUT2D eigenvalue weighted by Crippen LogP contribution is 2.41. The van der Waals surface area contributed by atoms with Crippen LogP contribution < -0.4 is 0 Å². The van der Waals surface area contributed by atoms with Crippen molar-refractivity contribution >= 4 is 28.3 Å². The van der Waals surface area contributed by atoms with Gasteiger partial charge in [0.15, 0.2) is 0 Å². The smallest absolute Gasteiger partial charge is 0.303 e. The predicted octanol–water partition coefficient (Wildman–Crippen LogP) is 4.16. The molecule has 2 aromatic carbocycles. The van der Waals surface area contributed by atoms with Gasteiger partial charge in [0.05, 0.1) is 5.56 Å². The predicted molar refractivity (Wildman–Crippen MR) is 95.3 cm³/mol. The van der Waals surface area contributed by atoms with Gasteiger partial charge in [-0.3, -0.25) is 14.4 Å². The van der Waals surface area contributed by atoms with Gasteiger partial charge in [0.2, 0.25) is 11.6 Å². The van der Waals surface area contributed by atoms with Gasteiger partial charge in [0.25, 0.3) is 0 Å². The zero-order valence-corrected chi connectivity index (χ0v) is 14.6. The Labute approximate surface area is 149 Å². The molecule has 26 heavy (non-hydrogen) atoms. The number of fused-ring (bicyclic) bond motifs is 5. The zero-order valence-electron chi connectivity index (χ0n) is 14.6. The molecule has 0 bridgehead atoms. The molecule has 0 spiro atoms. The van der Waals surface area contributed by atoms with Gasteiger partial charge in [-0.25, -0.2) is 0 Å². The summed E-state index contributed by atoms with van der Waals surface area (Å²) in [7, 11) is 0. The fraction of sp³-hybridized carbons (Fsp3) is 0.190. The summed E-state index contributed by atoms with van der Waals surface area (Å²) >= 11 is 0. The summed E-state index contributed by atoms with van der Waals surface area (Å²) in [5.41, 5.74) is 2.80. The highest BCUT2D eigenvalue weighted by Gasteiger charge is 2.37. The van der Waals surface area contributed by atoms with Gasteiger partial charge >= 0.3 is 5.97 Å². The molecule has 0 atom stereocenters. The van der Waals surface area contributed by atoms with Gasteiger partial charge in [0.1, 0.15) is 18.1 Å². The first-order valence-electron chi connectivity index (χ1n) is 8.27. The molecular formula is C21H16O5. The molecule has 4 rings (SSSR count). The van der Waals surface area contributed by atoms with Crippen LogP contribution in [-0.2, 0) is 16.1 Å². The van der Waals surface area contributed by atoms with E-state index in [0.29, 0.717) is 28.2 Å². The Morgan fingerprint density at radius 3 is 2.46 bits per heavy atom. The lowest BCUT2D eigenvalue weighted by Gasteiger charge is -2.16. The Morgan fingerprint density at radius 2 is 1.73 bits per heavy atom. The minimum Gasteiger partial charge on any atom is -0.458 e. The summed E-state index contributed by atoms with van der Waals surface area (Å²) in [6.07, 6.45) is 0. The van der Waals surface area contributed by atoms with Crippen LogP contribution in [-0.4, -0.2) is 17.5 Å². The second-order valence-corrected chi connectivity index (χ2v) is 6.45. The van der Waals surface area contributed by atoms with E-state index < -0.39 is 17.5 Å². The van der Waals surface area contributed by atoms with Gasteiger partial charge in [0, 0.05) is 23.6 Å². The minimum absolute atomic E-state index is 0.0718. The van der Waals surface area contributed by atoms with E-state index in [1.807, 2.05) is 37.3 Å². The monoisotopic (exact) mass is 348 g/mol. The van der Waals surface area contributed by atoms with Gasteiger partial charge in [-0.2, -0.15) is 0 Å². The average Bonchev–Trinajstić information content (AvgIpc) is 2.94. The van der Waals surface area contributed by atoms with E-state index in [-0.39, 0.29) is 12.2 Å². The standard InChI is InChI=1S/C21H16O5/c1-10-5-4-6-14-13(10)7-8-15-18(14)20(24)19(23)17-11(2)16(26-21(15)17)9-25-12(3)22/h4-8H,9H2,1-3H3. The maximum atomic E-state index is 12.9. The van der Waals surface area contributed by atoms with Crippen LogP contribution in [0.1, 0.15) is 44.5 Å². The third-order valence-electron chi connectivity index (χ3n) is 4.84. The highest BCUT2D eigenvalue weighted by molar-refractivity contribution is 6.54. The molecule has 0 fully saturated rings. The number of rotatable bonds is 2. The number of hydrogen-bond acceptors (Lipinski definition) is 5. The summed E-state index contributed by atoms with van der Waals surface area (Å²) in [4.78, 5) is 36.7. The number of hydrogen-bond donors (Lipinski definition) is 0. The summed E-state index contributed by atoms with van der Waals surface area (Å²) in [5.74, 6) is -0.817. The summed E-state index contributed by atoms with van der Waals surface area (Å²) < 4.78 is 10.9. The maximum Gasteiger partial charge on any atom is 0.303 e. The Kier molecular flexibility index (Phi) is 3.54. The number of esters is 1. The number of carbonyl (C=O) groups excluding carboxylic acids is 3. The Hall–Kier alpha value is -3.21. The van der Waals surface area contributed by atoms with Crippen LogP contribution in [0.2, 0.25) is 0 Å². The van der Waals surface area contributed by atoms with Crippen molar-refractivity contribution in [2.45, 2.75) is 27.4 Å². The molecule has 1 aliphatic rings. The molecule has 0 saturated carbocycles. The first kappa shape index (κ1) is 16.3. The molecule has 0 saturated heterocycles. The van der Waals surface area contributed by atoms with E-state index >= 15 is 0 Å². The molecular weight excluding hydrogens is 332 g/mol. The van der Waals surface area contributed by atoms with Crippen molar-refractivity contribution in [1.82, 2.24) is 0 Å². The molecule has 1 aromatic heterocycles. The number of carbonyl (C=O) groups is 3. The number of Topliss-reactive ketones (excluding diaryl/α,β-unsaturated/α-hetero) is 2. The van der Waals surface area contributed by atoms with Gasteiger partial charge in [-0.1, -0.05) is 24.3 Å². The van der Waals surface area contributed by atoms with Crippen molar-refractivity contribution < 1.29 is 23.5 Å². The van der Waals surface area contributed by atoms with E-state index in [9.17, 15) is 14.4 Å². The van der Waals surface area contributed by atoms with Crippen molar-refractivity contribution in [1.29, 1.82) is 0 Å². The summed E-state index contributed by atoms with van der Waals surface area (Å²) in [6.45, 7) is 4.89. The van der Waals surface area contributed by atoms with Crippen molar-refractivity contribution in [2.75, 3.05) is 0 Å². The second-order valence-electron chi connectivity index (χ2n) is 6.45. The Balaban J connectivity index is 1.99. The van der Waals surface area contributed by atoms with Gasteiger partial charge < -0.3 is 9.15 Å². The first-order chi connectivity index (χ1) is 12.4. The number of ether oxygens (including phenoxy) is 1. The van der Waals surface area contributed by atoms with Crippen LogP contribution in [0.25, 0.3) is 22.1 Å². The van der Waals surface area contributed by atoms with Crippen LogP contribution in [0.3, 0.4) is 0 Å². The summed E-state index contributed by atoms with van der Waals surface area (Å²) in [5, 5.41) is 1.67. The Morgan fingerprint density at radius 1 is 1.00 bits per heavy atom. The van der Waals surface area contributed by atoms with Crippen molar-refractivity contribution in [3.63, 3.8) is 0 Å². The topological polar surface area (TPSA) is 73.6 Å². The molecule has 130 valence electrons. The molecule has 5 heteroatoms. The first-order valence-corrected chi connectivity index (χ1v) is 8.27. The minimum atomic E-state index is -0.586. The number of furan rings is 1. The van der Waals surface area contributed by atoms with Crippen LogP contribution in [0, 0.1) is 13.8 Å². The molecule has 1 aliphatic carbocycles. The SMILES string of the molecule is CC(=O)OCc1oc2c(c1C)C(=O)C(=O)c1c-2ccc2c(C)cccc12. The van der Waals surface area contributed by atoms with Crippen molar-refractivity contribution in [2.24, 2.45) is 0 Å². The summed E-state index contributed by atoms with van der Waals surface area (Å²) in [6, 6.07) is 9.41. The molecule has 0 amide bonds. The third kappa shape index (κ3) is 2.20. The van der Waals surface area contributed by atoms with Crippen LogP contribution in [0.15, 0.2) is 34.7 Å². The maximum absolute atomic E-state index is 12.9. The molecule has 0 radical (unpaired) electrons. The fourth-order valence-electron chi connectivity index (χ4n) is 3.50. The quantitative estimate of drug-likeness (QED) is 0.513. The zero-order chi connectivity index (χ0) is 18.6. The van der Waals surface area contributed by atoms with Gasteiger partial charge in [-0.05, 0) is 36.2 Å². The van der Waals surface area contributed by atoms with Crippen LogP contribution in [0.4, 0.5) is 0 Å². The van der Waals surface area contributed by atoms with E-state index in [1.165, 1.54) is 6.92 Å². The highest BCUT2D eigenvalue weighted by atomic mass is 16.5. The van der Waals surface area contributed by atoms with E-state index in [4.69, 9.17) is 9.15 Å². The van der Waals surface area contributed by atoms with Crippen molar-refractivity contribution in [3.8, 4) is 11.3 Å². The third-order valence-corrected chi connectivity index (χ3v) is 4.84. The van der Waals surface area contributed by atoms with E-state index in [2.05, 4.69) is 0 Å². The molecule has 0 N–H and O–H groups in total. The normalized spacial score (nSPS) is 12.9. The molecule has 1 heterocycles. The van der Waals surface area contributed by atoms with Crippen LogP contribution >= 0.6 is 0 Å². The average molecular weight is 348 g/mol.